The zero-order valence-electron chi connectivity index (χ0n) is 5.34. The first-order valence-corrected chi connectivity index (χ1v) is 3.05. The Morgan fingerprint density at radius 3 is 2.80 bits per heavy atom. The van der Waals surface area contributed by atoms with E-state index in [1.54, 1.807) is 7.05 Å². The van der Waals surface area contributed by atoms with Gasteiger partial charge in [-0.3, -0.25) is 4.79 Å². The lowest BCUT2D eigenvalue weighted by atomic mass is 10.4. The third kappa shape index (κ3) is 0.998. The molecule has 0 saturated carbocycles. The van der Waals surface area contributed by atoms with Crippen molar-refractivity contribution >= 4 is 11.6 Å². The molecule has 0 radical (unpaired) electrons. The number of nitrogens with zero attached hydrogens (tertiary/aromatic N) is 1. The Morgan fingerprint density at radius 2 is 2.30 bits per heavy atom. The molecule has 0 fully saturated rings. The van der Waals surface area contributed by atoms with Gasteiger partial charge in [0.1, 0.15) is 0 Å². The highest BCUT2D eigenvalue weighted by atomic mass is 35.5. The van der Waals surface area contributed by atoms with Crippen molar-refractivity contribution in [3.05, 3.63) is 27.6 Å². The minimum atomic E-state index is -0.479. The van der Waals surface area contributed by atoms with Crippen molar-refractivity contribution in [2.75, 3.05) is 0 Å². The van der Waals surface area contributed by atoms with Gasteiger partial charge in [-0.1, -0.05) is 11.6 Å². The van der Waals surface area contributed by atoms with Gasteiger partial charge in [-0.25, -0.2) is 0 Å². The van der Waals surface area contributed by atoms with Crippen molar-refractivity contribution in [1.29, 1.82) is 0 Å². The van der Waals surface area contributed by atoms with Gasteiger partial charge in [-0.05, 0) is 6.07 Å². The van der Waals surface area contributed by atoms with E-state index in [0.717, 1.165) is 0 Å². The summed E-state index contributed by atoms with van der Waals surface area (Å²) >= 11 is 5.42. The quantitative estimate of drug-likeness (QED) is 0.607. The molecule has 10 heavy (non-hydrogen) atoms. The minimum absolute atomic E-state index is 0.0862. The third-order valence-corrected chi connectivity index (χ3v) is 1.50. The lowest BCUT2D eigenvalue weighted by Gasteiger charge is -1.97. The van der Waals surface area contributed by atoms with Crippen molar-refractivity contribution in [2.24, 2.45) is 7.05 Å². The van der Waals surface area contributed by atoms with E-state index in [9.17, 15) is 4.79 Å². The van der Waals surface area contributed by atoms with Crippen molar-refractivity contribution in [3.8, 4) is 5.75 Å². The average Bonchev–Trinajstić information content (AvgIpc) is 1.93. The molecule has 0 aliphatic heterocycles. The molecule has 0 aliphatic rings. The number of pyridine rings is 1. The average molecular weight is 160 g/mol. The second-order valence-corrected chi connectivity index (χ2v) is 2.34. The first kappa shape index (κ1) is 7.15. The molecule has 1 aromatic heterocycles. The summed E-state index contributed by atoms with van der Waals surface area (Å²) in [6.45, 7) is 0. The lowest BCUT2D eigenvalue weighted by molar-refractivity contribution is 0.461. The fourth-order valence-corrected chi connectivity index (χ4v) is 0.730. The lowest BCUT2D eigenvalue weighted by Crippen LogP contribution is -2.14. The maximum Gasteiger partial charge on any atom is 0.293 e. The van der Waals surface area contributed by atoms with Gasteiger partial charge in [0.25, 0.3) is 5.56 Å². The molecule has 0 atom stereocenters. The molecule has 1 heterocycles. The molecule has 54 valence electrons. The largest absolute Gasteiger partial charge is 0.502 e. The van der Waals surface area contributed by atoms with Crippen molar-refractivity contribution in [1.82, 2.24) is 4.57 Å². The van der Waals surface area contributed by atoms with E-state index in [1.165, 1.54) is 16.8 Å². The van der Waals surface area contributed by atoms with Gasteiger partial charge < -0.3 is 9.67 Å². The molecule has 0 aliphatic carbocycles. The summed E-state index contributed by atoms with van der Waals surface area (Å²) in [5.74, 6) is -0.397. The van der Waals surface area contributed by atoms with Crippen LogP contribution in [0.4, 0.5) is 0 Å². The monoisotopic (exact) mass is 159 g/mol. The van der Waals surface area contributed by atoms with Gasteiger partial charge >= 0.3 is 0 Å². The van der Waals surface area contributed by atoms with E-state index in [-0.39, 0.29) is 5.02 Å². The number of hydrogen-bond acceptors (Lipinski definition) is 2. The molecule has 1 N–H and O–H groups in total. The Balaban J connectivity index is 3.50. The maximum atomic E-state index is 10.8. The van der Waals surface area contributed by atoms with Crippen LogP contribution in [0.15, 0.2) is 17.1 Å². The molecular weight excluding hydrogens is 154 g/mol. The van der Waals surface area contributed by atoms with Crippen LogP contribution in [-0.4, -0.2) is 9.67 Å². The van der Waals surface area contributed by atoms with Gasteiger partial charge in [-0.2, -0.15) is 0 Å². The van der Waals surface area contributed by atoms with Crippen LogP contribution in [0.25, 0.3) is 0 Å². The number of aryl methyl sites for hydroxylation is 1. The van der Waals surface area contributed by atoms with Crippen molar-refractivity contribution in [3.63, 3.8) is 0 Å². The Kier molecular flexibility index (Phi) is 1.68. The topological polar surface area (TPSA) is 42.2 Å². The molecule has 0 spiro atoms. The maximum absolute atomic E-state index is 10.8. The molecule has 0 aromatic carbocycles. The molecule has 1 aromatic rings. The second kappa shape index (κ2) is 2.34. The van der Waals surface area contributed by atoms with Crippen LogP contribution in [0.2, 0.25) is 5.02 Å². The molecule has 1 rings (SSSR count). The van der Waals surface area contributed by atoms with Gasteiger partial charge in [0.2, 0.25) is 5.75 Å². The van der Waals surface area contributed by atoms with Gasteiger partial charge in [0.05, 0.1) is 5.02 Å². The number of hydrogen-bond donors (Lipinski definition) is 1. The Hall–Kier alpha value is -0.960. The summed E-state index contributed by atoms with van der Waals surface area (Å²) in [6, 6.07) is 1.46. The summed E-state index contributed by atoms with van der Waals surface area (Å²) in [5.41, 5.74) is -0.479. The number of halogens is 1. The fourth-order valence-electron chi connectivity index (χ4n) is 0.593. The molecule has 0 amide bonds. The van der Waals surface area contributed by atoms with Gasteiger partial charge in [-0.15, -0.1) is 0 Å². The van der Waals surface area contributed by atoms with Crippen LogP contribution in [0, 0.1) is 0 Å². The third-order valence-electron chi connectivity index (χ3n) is 1.19. The molecule has 3 nitrogen and oxygen atoms in total. The molecule has 0 unspecified atom stereocenters. The van der Waals surface area contributed by atoms with E-state index in [2.05, 4.69) is 0 Å². The molecular formula is C6H6ClNO2. The Bertz CT molecular complexity index is 305. The first-order chi connectivity index (χ1) is 4.63. The predicted molar refractivity (Wildman–Crippen MR) is 38.4 cm³/mol. The van der Waals surface area contributed by atoms with E-state index >= 15 is 0 Å². The standard InChI is InChI=1S/C6H6ClNO2/c1-8-3-2-4(7)5(9)6(8)10/h2-3,9H,1H3. The van der Waals surface area contributed by atoms with Crippen LogP contribution in [-0.2, 0) is 7.05 Å². The smallest absolute Gasteiger partial charge is 0.293 e. The summed E-state index contributed by atoms with van der Waals surface area (Å²) in [5, 5.41) is 9.01. The van der Waals surface area contributed by atoms with Gasteiger partial charge in [0, 0.05) is 13.2 Å². The summed E-state index contributed by atoms with van der Waals surface area (Å²) in [6.07, 6.45) is 1.49. The highest BCUT2D eigenvalue weighted by molar-refractivity contribution is 6.31. The highest BCUT2D eigenvalue weighted by Crippen LogP contribution is 2.15. The minimum Gasteiger partial charge on any atom is -0.502 e. The SMILES string of the molecule is Cn1ccc(Cl)c(O)c1=O. The van der Waals surface area contributed by atoms with E-state index in [4.69, 9.17) is 16.7 Å². The van der Waals surface area contributed by atoms with Crippen LogP contribution >= 0.6 is 11.6 Å². The fraction of sp³-hybridized carbons (Fsp3) is 0.167. The summed E-state index contributed by atoms with van der Waals surface area (Å²) < 4.78 is 1.25. The first-order valence-electron chi connectivity index (χ1n) is 2.67. The molecule has 0 saturated heterocycles. The zero-order chi connectivity index (χ0) is 7.72. The van der Waals surface area contributed by atoms with Crippen LogP contribution in [0.1, 0.15) is 0 Å². The number of aromatic nitrogens is 1. The second-order valence-electron chi connectivity index (χ2n) is 1.93. The number of aromatic hydroxyl groups is 1. The van der Waals surface area contributed by atoms with E-state index < -0.39 is 11.3 Å². The van der Waals surface area contributed by atoms with Crippen LogP contribution < -0.4 is 5.56 Å². The van der Waals surface area contributed by atoms with E-state index in [1.807, 2.05) is 0 Å². The van der Waals surface area contributed by atoms with E-state index in [0.29, 0.717) is 0 Å². The van der Waals surface area contributed by atoms with Gasteiger partial charge in [0.15, 0.2) is 0 Å². The Morgan fingerprint density at radius 1 is 1.70 bits per heavy atom. The Labute approximate surface area is 62.5 Å². The normalized spacial score (nSPS) is 9.80. The number of rotatable bonds is 0. The summed E-state index contributed by atoms with van der Waals surface area (Å²) in [7, 11) is 1.54. The van der Waals surface area contributed by atoms with Crippen molar-refractivity contribution < 1.29 is 5.11 Å². The molecule has 4 heteroatoms. The zero-order valence-corrected chi connectivity index (χ0v) is 6.09. The highest BCUT2D eigenvalue weighted by Gasteiger charge is 2.02. The van der Waals surface area contributed by atoms with Crippen LogP contribution in [0.3, 0.4) is 0 Å². The summed E-state index contributed by atoms with van der Waals surface area (Å²) in [4.78, 5) is 10.8. The predicted octanol–water partition coefficient (Wildman–Crippen LogP) is 0.744. The molecule has 0 bridgehead atoms. The van der Waals surface area contributed by atoms with Crippen LogP contribution in [0.5, 0.6) is 5.75 Å². The van der Waals surface area contributed by atoms with Crippen molar-refractivity contribution in [2.45, 2.75) is 0 Å².